The van der Waals surface area contributed by atoms with E-state index in [-0.39, 0.29) is 11.8 Å². The summed E-state index contributed by atoms with van der Waals surface area (Å²) in [5, 5.41) is 11.4. The molecule has 0 saturated carbocycles. The highest BCUT2D eigenvalue weighted by Gasteiger charge is 2.34. The lowest BCUT2D eigenvalue weighted by atomic mass is 9.95. The Morgan fingerprint density at radius 2 is 1.64 bits per heavy atom. The Bertz CT molecular complexity index is 1670. The van der Waals surface area contributed by atoms with Crippen LogP contribution in [0.3, 0.4) is 0 Å². The van der Waals surface area contributed by atoms with Crippen molar-refractivity contribution in [2.45, 2.75) is 13.0 Å². The molecule has 1 atom stereocenters. The second-order valence-corrected chi connectivity index (χ2v) is 10.7. The molecule has 3 aromatic carbocycles. The number of piperazine rings is 1. The highest BCUT2D eigenvalue weighted by atomic mass is 19.1. The molecule has 1 aromatic heterocycles. The van der Waals surface area contributed by atoms with E-state index in [1.807, 2.05) is 43.4 Å². The van der Waals surface area contributed by atoms with E-state index in [0.717, 1.165) is 60.6 Å². The van der Waals surface area contributed by atoms with Crippen molar-refractivity contribution in [3.05, 3.63) is 120 Å². The predicted octanol–water partition coefficient (Wildman–Crippen LogP) is 6.40. The lowest BCUT2D eigenvalue weighted by Gasteiger charge is -2.36. The quantitative estimate of drug-likeness (QED) is 0.255. The third-order valence-electron chi connectivity index (χ3n) is 7.96. The largest absolute Gasteiger partial charge is 0.383 e. The molecule has 2 aliphatic rings. The van der Waals surface area contributed by atoms with Crippen molar-refractivity contribution in [1.29, 1.82) is 0 Å². The van der Waals surface area contributed by atoms with Gasteiger partial charge < -0.3 is 15.7 Å². The summed E-state index contributed by atoms with van der Waals surface area (Å²) in [5.41, 5.74) is 14.5. The van der Waals surface area contributed by atoms with Gasteiger partial charge in [0, 0.05) is 55.1 Å². The molecule has 2 heterocycles. The van der Waals surface area contributed by atoms with Gasteiger partial charge in [-0.3, -0.25) is 4.90 Å². The molecule has 1 fully saturated rings. The summed E-state index contributed by atoms with van der Waals surface area (Å²) in [6, 6.07) is 20.5. The van der Waals surface area contributed by atoms with Gasteiger partial charge in [0.05, 0.1) is 11.4 Å². The van der Waals surface area contributed by atoms with Crippen molar-refractivity contribution in [3.63, 3.8) is 0 Å². The number of aliphatic hydroxyl groups is 1. The molecule has 4 aromatic rings. The van der Waals surface area contributed by atoms with Crippen LogP contribution in [0.1, 0.15) is 24.2 Å². The van der Waals surface area contributed by atoms with Gasteiger partial charge in [-0.2, -0.15) is 0 Å². The first-order chi connectivity index (χ1) is 20.4. The number of nitrogen functional groups attached to an aromatic ring is 1. The van der Waals surface area contributed by atoms with Crippen molar-refractivity contribution >= 4 is 11.6 Å². The summed E-state index contributed by atoms with van der Waals surface area (Å²) in [7, 11) is 0. The SMILES string of the molecule is C=C(C=CC=CC)CN1CCN(c2ccc(-c3cccc4c3-c3nc(N)nc(-c5ccc(F)cc5)c3C4O)cc2)CC1. The van der Waals surface area contributed by atoms with Gasteiger partial charge in [0.2, 0.25) is 5.95 Å². The van der Waals surface area contributed by atoms with Gasteiger partial charge in [0.25, 0.3) is 0 Å². The van der Waals surface area contributed by atoms with E-state index in [1.54, 1.807) is 12.1 Å². The molecule has 212 valence electrons. The molecule has 1 aliphatic heterocycles. The Hall–Kier alpha value is -4.59. The number of aliphatic hydroxyl groups excluding tert-OH is 1. The molecular weight excluding hydrogens is 525 g/mol. The summed E-state index contributed by atoms with van der Waals surface area (Å²) >= 11 is 0. The molecular formula is C35H34FN5O. The lowest BCUT2D eigenvalue weighted by Crippen LogP contribution is -2.46. The predicted molar refractivity (Wildman–Crippen MR) is 169 cm³/mol. The zero-order chi connectivity index (χ0) is 29.2. The molecule has 0 bridgehead atoms. The van der Waals surface area contributed by atoms with Crippen LogP contribution >= 0.6 is 0 Å². The van der Waals surface area contributed by atoms with Gasteiger partial charge in [-0.25, -0.2) is 14.4 Å². The van der Waals surface area contributed by atoms with Gasteiger partial charge in [-0.15, -0.1) is 0 Å². The summed E-state index contributed by atoms with van der Waals surface area (Å²) in [5.74, 6) is -0.234. The zero-order valence-electron chi connectivity index (χ0n) is 23.7. The number of anilines is 2. The summed E-state index contributed by atoms with van der Waals surface area (Å²) in [4.78, 5) is 13.9. The molecule has 1 unspecified atom stereocenters. The lowest BCUT2D eigenvalue weighted by molar-refractivity contribution is 0.225. The Morgan fingerprint density at radius 3 is 2.36 bits per heavy atom. The third-order valence-corrected chi connectivity index (χ3v) is 7.96. The zero-order valence-corrected chi connectivity index (χ0v) is 23.7. The first-order valence-electron chi connectivity index (χ1n) is 14.2. The number of hydrogen-bond donors (Lipinski definition) is 2. The Kier molecular flexibility index (Phi) is 7.69. The molecule has 7 heteroatoms. The van der Waals surface area contributed by atoms with Crippen LogP contribution in [0.15, 0.2) is 103 Å². The second kappa shape index (κ2) is 11.7. The number of nitrogens with two attached hydrogens (primary N) is 1. The number of halogens is 1. The van der Waals surface area contributed by atoms with E-state index in [0.29, 0.717) is 22.5 Å². The van der Waals surface area contributed by atoms with Crippen LogP contribution in [-0.4, -0.2) is 52.7 Å². The molecule has 6 rings (SSSR count). The van der Waals surface area contributed by atoms with E-state index >= 15 is 0 Å². The Balaban J connectivity index is 1.24. The highest BCUT2D eigenvalue weighted by Crippen LogP contribution is 2.50. The third kappa shape index (κ3) is 5.36. The molecule has 0 radical (unpaired) electrons. The van der Waals surface area contributed by atoms with Crippen LogP contribution < -0.4 is 10.6 Å². The maximum atomic E-state index is 13.6. The fourth-order valence-corrected chi connectivity index (χ4v) is 5.88. The van der Waals surface area contributed by atoms with E-state index in [2.05, 4.69) is 56.7 Å². The Morgan fingerprint density at radius 1 is 0.952 bits per heavy atom. The summed E-state index contributed by atoms with van der Waals surface area (Å²) in [6.45, 7) is 10.9. The fourth-order valence-electron chi connectivity index (χ4n) is 5.88. The molecule has 6 nitrogen and oxygen atoms in total. The first-order valence-corrected chi connectivity index (χ1v) is 14.2. The van der Waals surface area contributed by atoms with E-state index in [4.69, 9.17) is 5.73 Å². The molecule has 0 spiro atoms. The van der Waals surface area contributed by atoms with Gasteiger partial charge >= 0.3 is 0 Å². The van der Waals surface area contributed by atoms with Gasteiger partial charge in [-0.1, -0.05) is 61.2 Å². The maximum Gasteiger partial charge on any atom is 0.221 e. The number of allylic oxidation sites excluding steroid dienone is 3. The summed E-state index contributed by atoms with van der Waals surface area (Å²) < 4.78 is 13.6. The van der Waals surface area contributed by atoms with E-state index < -0.39 is 6.10 Å². The Labute approximate surface area is 246 Å². The van der Waals surface area contributed by atoms with Crippen LogP contribution in [0.25, 0.3) is 33.6 Å². The minimum atomic E-state index is -0.916. The average molecular weight is 560 g/mol. The van der Waals surface area contributed by atoms with Gasteiger partial charge in [-0.05, 0) is 65.6 Å². The number of aromatic nitrogens is 2. The van der Waals surface area contributed by atoms with Gasteiger partial charge in [0.1, 0.15) is 11.9 Å². The van der Waals surface area contributed by atoms with Crippen molar-refractivity contribution < 1.29 is 9.50 Å². The number of benzene rings is 3. The molecule has 0 amide bonds. The minimum absolute atomic E-state index is 0.106. The van der Waals surface area contributed by atoms with Crippen LogP contribution in [-0.2, 0) is 0 Å². The standard InChI is InChI=1S/C35H34FN5O/c1-3-4-5-7-23(2)22-40-18-20-41(21-19-40)27-16-12-24(13-17-27)28-8-6-9-29-30(28)33-31(34(29)42)32(38-35(37)39-33)25-10-14-26(36)15-11-25/h3-17,34,42H,2,18-22H2,1H3,(H2,37,38,39). The normalized spacial score (nSPS) is 16.7. The smallest absolute Gasteiger partial charge is 0.221 e. The molecule has 3 N–H and O–H groups in total. The number of rotatable bonds is 7. The maximum absolute atomic E-state index is 13.6. The highest BCUT2D eigenvalue weighted by molar-refractivity contribution is 5.92. The number of nitrogens with zero attached hydrogens (tertiary/aromatic N) is 4. The first kappa shape index (κ1) is 27.6. The molecule has 1 saturated heterocycles. The average Bonchev–Trinajstić information content (AvgIpc) is 3.29. The topological polar surface area (TPSA) is 78.5 Å². The monoisotopic (exact) mass is 559 g/mol. The minimum Gasteiger partial charge on any atom is -0.383 e. The van der Waals surface area contributed by atoms with Crippen LogP contribution in [0, 0.1) is 5.82 Å². The number of fused-ring (bicyclic) bond motifs is 3. The van der Waals surface area contributed by atoms with Crippen molar-refractivity contribution in [3.8, 4) is 33.6 Å². The number of hydrogen-bond acceptors (Lipinski definition) is 6. The fraction of sp³-hybridized carbons (Fsp3) is 0.200. The van der Waals surface area contributed by atoms with Crippen molar-refractivity contribution in [2.24, 2.45) is 0 Å². The van der Waals surface area contributed by atoms with Crippen LogP contribution in [0.4, 0.5) is 16.0 Å². The van der Waals surface area contributed by atoms with Crippen molar-refractivity contribution in [1.82, 2.24) is 14.9 Å². The van der Waals surface area contributed by atoms with Gasteiger partial charge in [0.15, 0.2) is 0 Å². The molecule has 42 heavy (non-hydrogen) atoms. The van der Waals surface area contributed by atoms with Crippen LogP contribution in [0.5, 0.6) is 0 Å². The summed E-state index contributed by atoms with van der Waals surface area (Å²) in [6.07, 6.45) is 7.23. The van der Waals surface area contributed by atoms with Crippen LogP contribution in [0.2, 0.25) is 0 Å². The van der Waals surface area contributed by atoms with Crippen molar-refractivity contribution in [2.75, 3.05) is 43.4 Å². The second-order valence-electron chi connectivity index (χ2n) is 10.7. The van der Waals surface area contributed by atoms with E-state index in [9.17, 15) is 9.50 Å². The molecule has 1 aliphatic carbocycles. The van der Waals surface area contributed by atoms with E-state index in [1.165, 1.54) is 17.8 Å².